The van der Waals surface area contributed by atoms with E-state index < -0.39 is 5.54 Å². The fourth-order valence-electron chi connectivity index (χ4n) is 2.63. The first-order valence-corrected chi connectivity index (χ1v) is 5.59. The Morgan fingerprint density at radius 2 is 2.14 bits per heavy atom. The van der Waals surface area contributed by atoms with Crippen LogP contribution >= 0.6 is 12.2 Å². The second-order valence-electron chi connectivity index (χ2n) is 4.67. The Morgan fingerprint density at radius 1 is 1.43 bits per heavy atom. The Bertz CT molecular complexity index is 292. The molecule has 3 unspecified atom stereocenters. The Hall–Kier alpha value is -0.640. The van der Waals surface area contributed by atoms with Gasteiger partial charge in [0.15, 0.2) is 5.11 Å². The van der Waals surface area contributed by atoms with Gasteiger partial charge in [-0.15, -0.1) is 0 Å². The van der Waals surface area contributed by atoms with Gasteiger partial charge in [-0.05, 0) is 36.9 Å². The molecule has 2 rings (SSSR count). The van der Waals surface area contributed by atoms with Crippen molar-refractivity contribution in [2.24, 2.45) is 11.8 Å². The Balaban J connectivity index is 2.28. The molecule has 2 aliphatic rings. The molecule has 0 aromatic rings. The van der Waals surface area contributed by atoms with E-state index in [2.05, 4.69) is 24.5 Å². The van der Waals surface area contributed by atoms with Crippen LogP contribution in [0.5, 0.6) is 0 Å². The second-order valence-corrected chi connectivity index (χ2v) is 5.08. The maximum atomic E-state index is 11.9. The standard InChI is InChI=1S/C10H16N2OS/c1-6-3-4-7(2)10(5-6)8(13)11-9(14)12-10/h6-7H,3-5H2,1-2H3,(H2,11,12,13,14). The molecule has 14 heavy (non-hydrogen) atoms. The molecule has 0 aromatic carbocycles. The van der Waals surface area contributed by atoms with Crippen LogP contribution in [0.25, 0.3) is 0 Å². The lowest BCUT2D eigenvalue weighted by molar-refractivity contribution is -0.127. The molecule has 4 heteroatoms. The molecule has 2 N–H and O–H groups in total. The van der Waals surface area contributed by atoms with Crippen molar-refractivity contribution >= 4 is 23.2 Å². The maximum absolute atomic E-state index is 11.9. The summed E-state index contributed by atoms with van der Waals surface area (Å²) in [5.74, 6) is 1.05. The van der Waals surface area contributed by atoms with Crippen molar-refractivity contribution in [3.05, 3.63) is 0 Å². The van der Waals surface area contributed by atoms with Gasteiger partial charge in [-0.1, -0.05) is 20.3 Å². The highest BCUT2D eigenvalue weighted by Crippen LogP contribution is 2.38. The van der Waals surface area contributed by atoms with Crippen LogP contribution in [0.4, 0.5) is 0 Å². The molecule has 78 valence electrons. The molecular formula is C10H16N2OS. The summed E-state index contributed by atoms with van der Waals surface area (Å²) in [6, 6.07) is 0. The van der Waals surface area contributed by atoms with Crippen LogP contribution in [0.1, 0.15) is 33.1 Å². The van der Waals surface area contributed by atoms with Gasteiger partial charge in [0.1, 0.15) is 5.54 Å². The van der Waals surface area contributed by atoms with Gasteiger partial charge in [0, 0.05) is 0 Å². The van der Waals surface area contributed by atoms with Gasteiger partial charge in [0.05, 0.1) is 0 Å². The van der Waals surface area contributed by atoms with E-state index in [1.54, 1.807) is 0 Å². The average Bonchev–Trinajstić information content (AvgIpc) is 2.36. The molecule has 1 spiro atoms. The fraction of sp³-hybridized carbons (Fsp3) is 0.800. The third-order valence-corrected chi connectivity index (χ3v) is 3.78. The first-order chi connectivity index (χ1) is 6.54. The van der Waals surface area contributed by atoms with Crippen molar-refractivity contribution in [1.29, 1.82) is 0 Å². The molecule has 3 nitrogen and oxygen atoms in total. The van der Waals surface area contributed by atoms with Gasteiger partial charge in [-0.3, -0.25) is 4.79 Å². The average molecular weight is 212 g/mol. The van der Waals surface area contributed by atoms with Gasteiger partial charge >= 0.3 is 0 Å². The summed E-state index contributed by atoms with van der Waals surface area (Å²) in [6.45, 7) is 4.33. The Kier molecular flexibility index (Phi) is 2.26. The summed E-state index contributed by atoms with van der Waals surface area (Å²) in [5.41, 5.74) is -0.408. The van der Waals surface area contributed by atoms with Crippen LogP contribution in [0, 0.1) is 11.8 Å². The zero-order valence-electron chi connectivity index (χ0n) is 8.59. The van der Waals surface area contributed by atoms with Gasteiger partial charge < -0.3 is 10.6 Å². The quantitative estimate of drug-likeness (QED) is 0.593. The predicted octanol–water partition coefficient (Wildman–Crippen LogP) is 1.19. The van der Waals surface area contributed by atoms with Crippen molar-refractivity contribution in [3.8, 4) is 0 Å². The molecule has 1 aliphatic heterocycles. The van der Waals surface area contributed by atoms with Gasteiger partial charge in [0.25, 0.3) is 5.91 Å². The molecule has 0 aromatic heterocycles. The highest BCUT2D eigenvalue weighted by Gasteiger charge is 2.51. The first-order valence-electron chi connectivity index (χ1n) is 5.18. The lowest BCUT2D eigenvalue weighted by Crippen LogP contribution is -2.55. The van der Waals surface area contributed by atoms with Crippen LogP contribution in [0.3, 0.4) is 0 Å². The van der Waals surface area contributed by atoms with Gasteiger partial charge in [-0.2, -0.15) is 0 Å². The lowest BCUT2D eigenvalue weighted by Gasteiger charge is -2.39. The third kappa shape index (κ3) is 1.32. The molecule has 3 atom stereocenters. The third-order valence-electron chi connectivity index (χ3n) is 3.57. The van der Waals surface area contributed by atoms with Crippen molar-refractivity contribution < 1.29 is 4.79 Å². The maximum Gasteiger partial charge on any atom is 0.252 e. The minimum atomic E-state index is -0.408. The van der Waals surface area contributed by atoms with E-state index in [0.29, 0.717) is 16.9 Å². The summed E-state index contributed by atoms with van der Waals surface area (Å²) in [7, 11) is 0. The Morgan fingerprint density at radius 3 is 2.71 bits per heavy atom. The molecule has 1 saturated carbocycles. The van der Waals surface area contributed by atoms with Crippen molar-refractivity contribution in [1.82, 2.24) is 10.6 Å². The van der Waals surface area contributed by atoms with Crippen LogP contribution in [-0.4, -0.2) is 16.6 Å². The number of rotatable bonds is 0. The van der Waals surface area contributed by atoms with Crippen molar-refractivity contribution in [2.75, 3.05) is 0 Å². The number of hydrogen-bond donors (Lipinski definition) is 2. The number of hydrogen-bond acceptors (Lipinski definition) is 2. The topological polar surface area (TPSA) is 41.1 Å². The van der Waals surface area contributed by atoms with Crippen LogP contribution in [-0.2, 0) is 4.79 Å². The largest absolute Gasteiger partial charge is 0.348 e. The van der Waals surface area contributed by atoms with E-state index in [1.165, 1.54) is 6.42 Å². The van der Waals surface area contributed by atoms with E-state index in [4.69, 9.17) is 12.2 Å². The molecule has 2 fully saturated rings. The molecule has 0 bridgehead atoms. The minimum Gasteiger partial charge on any atom is -0.348 e. The van der Waals surface area contributed by atoms with E-state index in [-0.39, 0.29) is 5.91 Å². The van der Waals surface area contributed by atoms with E-state index >= 15 is 0 Å². The number of carbonyl (C=O) groups excluding carboxylic acids is 1. The molecule has 1 heterocycles. The summed E-state index contributed by atoms with van der Waals surface area (Å²) in [5, 5.41) is 6.38. The second kappa shape index (κ2) is 3.19. The normalized spacial score (nSPS) is 42.4. The van der Waals surface area contributed by atoms with E-state index in [9.17, 15) is 4.79 Å². The predicted molar refractivity (Wildman–Crippen MR) is 58.8 cm³/mol. The highest BCUT2D eigenvalue weighted by molar-refractivity contribution is 7.80. The van der Waals surface area contributed by atoms with E-state index in [1.807, 2.05) is 0 Å². The molecule has 1 saturated heterocycles. The highest BCUT2D eigenvalue weighted by atomic mass is 32.1. The summed E-state index contributed by atoms with van der Waals surface area (Å²) in [4.78, 5) is 11.9. The van der Waals surface area contributed by atoms with Crippen molar-refractivity contribution in [2.45, 2.75) is 38.6 Å². The zero-order valence-corrected chi connectivity index (χ0v) is 9.41. The summed E-state index contributed by atoms with van der Waals surface area (Å²) in [6.07, 6.45) is 3.22. The minimum absolute atomic E-state index is 0.0709. The first kappa shape index (κ1) is 9.90. The zero-order chi connectivity index (χ0) is 10.3. The number of carbonyl (C=O) groups is 1. The van der Waals surface area contributed by atoms with Gasteiger partial charge in [0.2, 0.25) is 0 Å². The smallest absolute Gasteiger partial charge is 0.252 e. The van der Waals surface area contributed by atoms with Crippen LogP contribution in [0.2, 0.25) is 0 Å². The molecule has 1 aliphatic carbocycles. The van der Waals surface area contributed by atoms with Gasteiger partial charge in [-0.25, -0.2) is 0 Å². The van der Waals surface area contributed by atoms with Crippen LogP contribution in [0.15, 0.2) is 0 Å². The van der Waals surface area contributed by atoms with Crippen LogP contribution < -0.4 is 10.6 Å². The molecule has 0 radical (unpaired) electrons. The lowest BCUT2D eigenvalue weighted by atomic mass is 9.70. The number of nitrogens with one attached hydrogen (secondary N) is 2. The monoisotopic (exact) mass is 212 g/mol. The number of amides is 1. The van der Waals surface area contributed by atoms with E-state index in [0.717, 1.165) is 12.8 Å². The summed E-state index contributed by atoms with van der Waals surface area (Å²) >= 11 is 5.00. The fourth-order valence-corrected chi connectivity index (χ4v) is 2.90. The molecule has 1 amide bonds. The molecular weight excluding hydrogens is 196 g/mol. The van der Waals surface area contributed by atoms with Crippen molar-refractivity contribution in [3.63, 3.8) is 0 Å². The summed E-state index contributed by atoms with van der Waals surface area (Å²) < 4.78 is 0. The SMILES string of the molecule is CC1CCC(C)C2(C1)NC(=S)NC2=O. The number of thiocarbonyl (C=S) groups is 1. The Labute approximate surface area is 89.6 Å².